The molecule has 1 aliphatic rings. The van der Waals surface area contributed by atoms with Gasteiger partial charge < -0.3 is 28.2 Å². The van der Waals surface area contributed by atoms with Crippen molar-refractivity contribution in [1.29, 1.82) is 0 Å². The van der Waals surface area contributed by atoms with E-state index in [1.54, 1.807) is 0 Å². The van der Waals surface area contributed by atoms with Gasteiger partial charge in [-0.2, -0.15) is 0 Å². The van der Waals surface area contributed by atoms with Crippen molar-refractivity contribution in [3.63, 3.8) is 0 Å². The largest absolute Gasteiger partial charge is 0.415 e. The van der Waals surface area contributed by atoms with Crippen molar-refractivity contribution in [2.75, 3.05) is 6.61 Å². The molecule has 0 amide bonds. The predicted molar refractivity (Wildman–Crippen MR) is 127 cm³/mol. The van der Waals surface area contributed by atoms with Crippen LogP contribution in [-0.2, 0) is 22.4 Å². The normalized spacial score (nSPS) is 30.5. The molecular formula is C18H45NO5Si4. The maximum absolute atomic E-state index is 6.66. The molecule has 6 nitrogen and oxygen atoms in total. The van der Waals surface area contributed by atoms with Crippen LogP contribution in [0, 0.1) is 0 Å². The molecule has 1 saturated heterocycles. The lowest BCUT2D eigenvalue weighted by Gasteiger charge is -2.49. The summed E-state index contributed by atoms with van der Waals surface area (Å²) in [6.45, 7) is 26.6. The van der Waals surface area contributed by atoms with Crippen molar-refractivity contribution in [2.24, 2.45) is 5.73 Å². The Morgan fingerprint density at radius 2 is 1.07 bits per heavy atom. The standard InChI is InChI=1S/C18H45NO5Si4/c1-25(2,3)20-13-14-16(22-26(4,5)6)17(23-27(7,8)9)15(19)18(21-14)24-28(10,11)12/h14-18H,13,19H2,1-12H3/t14?,15?,16-,17?,18-/m1/s1. The lowest BCUT2D eigenvalue weighted by molar-refractivity contribution is -0.233. The highest BCUT2D eigenvalue weighted by atomic mass is 28.4. The van der Waals surface area contributed by atoms with E-state index in [1.807, 2.05) is 0 Å². The summed E-state index contributed by atoms with van der Waals surface area (Å²) in [5.41, 5.74) is 6.66. The first kappa shape index (κ1) is 26.7. The molecule has 1 rings (SSSR count). The van der Waals surface area contributed by atoms with Crippen LogP contribution < -0.4 is 5.73 Å². The van der Waals surface area contributed by atoms with Gasteiger partial charge >= 0.3 is 0 Å². The molecular weight excluding hydrogens is 423 g/mol. The van der Waals surface area contributed by atoms with E-state index in [0.717, 1.165) is 0 Å². The lowest BCUT2D eigenvalue weighted by atomic mass is 9.98. The minimum atomic E-state index is -1.86. The average Bonchev–Trinajstić information content (AvgIpc) is 2.39. The maximum Gasteiger partial charge on any atom is 0.187 e. The molecule has 2 N–H and O–H groups in total. The fourth-order valence-electron chi connectivity index (χ4n) is 2.95. The van der Waals surface area contributed by atoms with Gasteiger partial charge in [-0.1, -0.05) is 0 Å². The molecule has 0 saturated carbocycles. The second-order valence-corrected chi connectivity index (χ2v) is 29.6. The van der Waals surface area contributed by atoms with Crippen LogP contribution in [0.2, 0.25) is 78.6 Å². The van der Waals surface area contributed by atoms with Crippen molar-refractivity contribution in [2.45, 2.75) is 109 Å². The Hall–Kier alpha value is 0.628. The zero-order valence-electron chi connectivity index (χ0n) is 20.2. The van der Waals surface area contributed by atoms with Crippen LogP contribution in [0.5, 0.6) is 0 Å². The minimum Gasteiger partial charge on any atom is -0.415 e. The number of nitrogens with two attached hydrogens (primary N) is 1. The first-order valence-corrected chi connectivity index (χ1v) is 24.0. The summed E-state index contributed by atoms with van der Waals surface area (Å²) in [5.74, 6) is 0. The summed E-state index contributed by atoms with van der Waals surface area (Å²) in [5, 5.41) is 0. The van der Waals surface area contributed by atoms with Gasteiger partial charge in [-0.25, -0.2) is 0 Å². The molecule has 0 spiro atoms. The van der Waals surface area contributed by atoms with E-state index < -0.39 is 39.6 Å². The zero-order valence-corrected chi connectivity index (χ0v) is 24.2. The molecule has 168 valence electrons. The Bertz CT molecular complexity index is 480. The SMILES string of the molecule is C[Si](C)(C)OCC1O[C@H](O[Si](C)(C)C)C(N)C(O[Si](C)(C)C)[C@@H]1O[Si](C)(C)C. The first-order valence-electron chi connectivity index (χ1n) is 10.4. The molecule has 0 aromatic rings. The van der Waals surface area contributed by atoms with Crippen molar-refractivity contribution in [1.82, 2.24) is 0 Å². The third-order valence-corrected chi connectivity index (χ3v) is 7.75. The second kappa shape index (κ2) is 9.41. The molecule has 10 heteroatoms. The van der Waals surface area contributed by atoms with Crippen LogP contribution in [0.3, 0.4) is 0 Å². The van der Waals surface area contributed by atoms with Gasteiger partial charge in [-0.3, -0.25) is 0 Å². The Balaban J connectivity index is 3.23. The molecule has 0 bridgehead atoms. The van der Waals surface area contributed by atoms with E-state index in [1.165, 1.54) is 0 Å². The zero-order chi connectivity index (χ0) is 22.1. The third-order valence-electron chi connectivity index (χ3n) is 3.82. The Labute approximate surface area is 177 Å². The Morgan fingerprint density at radius 1 is 0.643 bits per heavy atom. The quantitative estimate of drug-likeness (QED) is 0.513. The average molecular weight is 468 g/mol. The third kappa shape index (κ3) is 10.1. The molecule has 5 atom stereocenters. The molecule has 0 aromatic heterocycles. The highest BCUT2D eigenvalue weighted by molar-refractivity contribution is 6.71. The smallest absolute Gasteiger partial charge is 0.187 e. The summed E-state index contributed by atoms with van der Waals surface area (Å²) < 4.78 is 32.1. The highest BCUT2D eigenvalue weighted by Crippen LogP contribution is 2.31. The molecule has 1 aliphatic heterocycles. The molecule has 0 radical (unpaired) electrons. The van der Waals surface area contributed by atoms with E-state index in [9.17, 15) is 0 Å². The maximum atomic E-state index is 6.66. The van der Waals surface area contributed by atoms with Gasteiger partial charge in [0.05, 0.1) is 18.8 Å². The molecule has 0 aromatic carbocycles. The van der Waals surface area contributed by atoms with E-state index >= 15 is 0 Å². The predicted octanol–water partition coefficient (Wildman–Crippen LogP) is 4.18. The van der Waals surface area contributed by atoms with Crippen LogP contribution in [0.4, 0.5) is 0 Å². The Morgan fingerprint density at radius 3 is 1.46 bits per heavy atom. The summed E-state index contributed by atoms with van der Waals surface area (Å²) in [7, 11) is -7.26. The summed E-state index contributed by atoms with van der Waals surface area (Å²) >= 11 is 0. The molecule has 1 fully saturated rings. The number of hydrogen-bond acceptors (Lipinski definition) is 6. The summed E-state index contributed by atoms with van der Waals surface area (Å²) in [6.07, 6.45) is -1.25. The second-order valence-electron chi connectivity index (χ2n) is 11.7. The van der Waals surface area contributed by atoms with Gasteiger partial charge in [0, 0.05) is 0 Å². The van der Waals surface area contributed by atoms with Crippen LogP contribution >= 0.6 is 0 Å². The van der Waals surface area contributed by atoms with Crippen molar-refractivity contribution in [3.8, 4) is 0 Å². The van der Waals surface area contributed by atoms with Gasteiger partial charge in [0.1, 0.15) is 12.2 Å². The van der Waals surface area contributed by atoms with Gasteiger partial charge in [-0.15, -0.1) is 0 Å². The minimum absolute atomic E-state index is 0.244. The van der Waals surface area contributed by atoms with E-state index in [0.29, 0.717) is 6.61 Å². The van der Waals surface area contributed by atoms with Crippen molar-refractivity contribution in [3.05, 3.63) is 0 Å². The van der Waals surface area contributed by atoms with Gasteiger partial charge in [-0.05, 0) is 78.6 Å². The highest BCUT2D eigenvalue weighted by Gasteiger charge is 2.50. The number of rotatable bonds is 9. The van der Waals surface area contributed by atoms with Crippen LogP contribution in [-0.4, -0.2) is 70.5 Å². The Kier molecular flexibility index (Phi) is 8.96. The fourth-order valence-corrected chi connectivity index (χ4v) is 6.74. The van der Waals surface area contributed by atoms with Gasteiger partial charge in [0.2, 0.25) is 0 Å². The van der Waals surface area contributed by atoms with Crippen molar-refractivity contribution < 1.29 is 22.4 Å². The van der Waals surface area contributed by atoms with Crippen LogP contribution in [0.25, 0.3) is 0 Å². The summed E-state index contributed by atoms with van der Waals surface area (Å²) in [4.78, 5) is 0. The molecule has 0 aliphatic carbocycles. The monoisotopic (exact) mass is 467 g/mol. The van der Waals surface area contributed by atoms with E-state index in [2.05, 4.69) is 78.6 Å². The number of hydrogen-bond donors (Lipinski definition) is 1. The van der Waals surface area contributed by atoms with E-state index in [4.69, 9.17) is 28.2 Å². The topological polar surface area (TPSA) is 72.2 Å². The summed E-state index contributed by atoms with van der Waals surface area (Å²) in [6, 6.07) is -0.386. The van der Waals surface area contributed by atoms with Crippen molar-refractivity contribution >= 4 is 33.3 Å². The number of ether oxygens (including phenoxy) is 1. The van der Waals surface area contributed by atoms with Crippen LogP contribution in [0.15, 0.2) is 0 Å². The lowest BCUT2D eigenvalue weighted by Crippen LogP contribution is -2.68. The van der Waals surface area contributed by atoms with Gasteiger partial charge in [0.25, 0.3) is 0 Å². The molecule has 3 unspecified atom stereocenters. The first-order chi connectivity index (χ1) is 12.3. The van der Waals surface area contributed by atoms with E-state index in [-0.39, 0.29) is 24.4 Å². The molecule has 28 heavy (non-hydrogen) atoms. The molecule has 1 heterocycles. The fraction of sp³-hybridized carbons (Fsp3) is 1.00. The van der Waals surface area contributed by atoms with Crippen LogP contribution in [0.1, 0.15) is 0 Å². The van der Waals surface area contributed by atoms with Gasteiger partial charge in [0.15, 0.2) is 39.6 Å².